The van der Waals surface area contributed by atoms with Crippen LogP contribution in [-0.2, 0) is 6.42 Å². The molecule has 2 aromatic heterocycles. The Bertz CT molecular complexity index is 367. The first-order valence-corrected chi connectivity index (χ1v) is 5.02. The topological polar surface area (TPSA) is 52.0 Å². The molecule has 4 heteroatoms. The minimum absolute atomic E-state index is 0.596. The molecule has 0 fully saturated rings. The molecular weight excluding hydrogens is 184 g/mol. The van der Waals surface area contributed by atoms with Gasteiger partial charge in [-0.2, -0.15) is 11.3 Å². The molecule has 0 saturated carbocycles. The third-order valence-corrected chi connectivity index (χ3v) is 2.40. The fourth-order valence-corrected chi connectivity index (χ4v) is 1.71. The molecule has 0 atom stereocenters. The van der Waals surface area contributed by atoms with E-state index in [9.17, 15) is 0 Å². The highest BCUT2D eigenvalue weighted by Gasteiger charge is 2.05. The largest absolute Gasteiger partial charge is 0.441 e. The van der Waals surface area contributed by atoms with Crippen LogP contribution in [0, 0.1) is 0 Å². The van der Waals surface area contributed by atoms with Crippen LogP contribution >= 0.6 is 11.3 Å². The standard InChI is InChI=1S/C9H10N2OS/c10-3-1-8-5-11-9(12-8)7-2-4-13-6-7/h2,4-6H,1,3,10H2. The van der Waals surface area contributed by atoms with E-state index in [1.807, 2.05) is 16.8 Å². The quantitative estimate of drug-likeness (QED) is 0.812. The van der Waals surface area contributed by atoms with Crippen LogP contribution in [0.2, 0.25) is 0 Å². The molecule has 2 heterocycles. The summed E-state index contributed by atoms with van der Waals surface area (Å²) in [5.41, 5.74) is 6.44. The van der Waals surface area contributed by atoms with Gasteiger partial charge in [0, 0.05) is 17.4 Å². The summed E-state index contributed by atoms with van der Waals surface area (Å²) in [7, 11) is 0. The van der Waals surface area contributed by atoms with E-state index in [0.717, 1.165) is 17.7 Å². The Kier molecular flexibility index (Phi) is 2.42. The fourth-order valence-electron chi connectivity index (χ4n) is 1.08. The molecule has 3 nitrogen and oxygen atoms in total. The Hall–Kier alpha value is -1.13. The van der Waals surface area contributed by atoms with Gasteiger partial charge in [0.15, 0.2) is 0 Å². The summed E-state index contributed by atoms with van der Waals surface area (Å²) in [6.45, 7) is 0.596. The van der Waals surface area contributed by atoms with Crippen molar-refractivity contribution in [2.45, 2.75) is 6.42 Å². The Labute approximate surface area is 80.2 Å². The average molecular weight is 194 g/mol. The second kappa shape index (κ2) is 3.72. The summed E-state index contributed by atoms with van der Waals surface area (Å²) in [6.07, 6.45) is 2.48. The van der Waals surface area contributed by atoms with Crippen LogP contribution in [0.1, 0.15) is 5.76 Å². The molecule has 2 rings (SSSR count). The number of thiophene rings is 1. The maximum absolute atomic E-state index is 5.48. The van der Waals surface area contributed by atoms with Crippen LogP contribution in [-0.4, -0.2) is 11.5 Å². The SMILES string of the molecule is NCCc1cnc(-c2ccsc2)o1. The van der Waals surface area contributed by atoms with Gasteiger partial charge in [0.05, 0.1) is 6.20 Å². The van der Waals surface area contributed by atoms with Crippen molar-refractivity contribution >= 4 is 11.3 Å². The molecule has 0 saturated heterocycles. The van der Waals surface area contributed by atoms with Gasteiger partial charge in [-0.3, -0.25) is 0 Å². The number of oxazole rings is 1. The van der Waals surface area contributed by atoms with Crippen LogP contribution in [0.3, 0.4) is 0 Å². The van der Waals surface area contributed by atoms with Crippen molar-refractivity contribution in [1.82, 2.24) is 4.98 Å². The molecule has 0 radical (unpaired) electrons. The van der Waals surface area contributed by atoms with Gasteiger partial charge in [0.2, 0.25) is 5.89 Å². The minimum Gasteiger partial charge on any atom is -0.441 e. The van der Waals surface area contributed by atoms with E-state index in [1.165, 1.54) is 0 Å². The highest BCUT2D eigenvalue weighted by atomic mass is 32.1. The first-order valence-electron chi connectivity index (χ1n) is 4.07. The lowest BCUT2D eigenvalue weighted by Gasteiger charge is -1.89. The second-order valence-electron chi connectivity index (χ2n) is 2.68. The Morgan fingerprint density at radius 1 is 1.54 bits per heavy atom. The Morgan fingerprint density at radius 2 is 2.46 bits per heavy atom. The summed E-state index contributed by atoms with van der Waals surface area (Å²) >= 11 is 1.63. The van der Waals surface area contributed by atoms with E-state index in [2.05, 4.69) is 4.98 Å². The number of hydrogen-bond donors (Lipinski definition) is 1. The summed E-state index contributed by atoms with van der Waals surface area (Å²) in [6, 6.07) is 1.99. The van der Waals surface area contributed by atoms with Crippen LogP contribution in [0.4, 0.5) is 0 Å². The fraction of sp³-hybridized carbons (Fsp3) is 0.222. The van der Waals surface area contributed by atoms with Gasteiger partial charge in [0.25, 0.3) is 0 Å². The van der Waals surface area contributed by atoms with E-state index in [4.69, 9.17) is 10.2 Å². The smallest absolute Gasteiger partial charge is 0.227 e. The van der Waals surface area contributed by atoms with Crippen molar-refractivity contribution in [3.05, 3.63) is 28.8 Å². The molecule has 68 valence electrons. The maximum atomic E-state index is 5.48. The van der Waals surface area contributed by atoms with Gasteiger partial charge < -0.3 is 10.2 Å². The van der Waals surface area contributed by atoms with Gasteiger partial charge in [-0.15, -0.1) is 0 Å². The van der Waals surface area contributed by atoms with E-state index < -0.39 is 0 Å². The first-order chi connectivity index (χ1) is 6.40. The number of aromatic nitrogens is 1. The number of rotatable bonds is 3. The van der Waals surface area contributed by atoms with Gasteiger partial charge in [-0.1, -0.05) is 0 Å². The lowest BCUT2D eigenvalue weighted by Crippen LogP contribution is -2.01. The van der Waals surface area contributed by atoms with E-state index in [-0.39, 0.29) is 0 Å². The summed E-state index contributed by atoms with van der Waals surface area (Å²) < 4.78 is 5.48. The zero-order valence-electron chi connectivity index (χ0n) is 7.06. The normalized spacial score (nSPS) is 10.5. The molecule has 2 N–H and O–H groups in total. The molecule has 13 heavy (non-hydrogen) atoms. The molecule has 0 unspecified atom stereocenters. The zero-order valence-corrected chi connectivity index (χ0v) is 7.88. The van der Waals surface area contributed by atoms with Gasteiger partial charge in [-0.05, 0) is 18.0 Å². The van der Waals surface area contributed by atoms with Crippen molar-refractivity contribution in [2.24, 2.45) is 5.73 Å². The molecule has 0 aliphatic carbocycles. The van der Waals surface area contributed by atoms with Gasteiger partial charge in [-0.25, -0.2) is 4.98 Å². The molecule has 0 spiro atoms. The number of nitrogens with two attached hydrogens (primary N) is 1. The predicted molar refractivity (Wildman–Crippen MR) is 52.6 cm³/mol. The molecule has 0 aromatic carbocycles. The lowest BCUT2D eigenvalue weighted by molar-refractivity contribution is 0.519. The molecule has 0 bridgehead atoms. The van der Waals surface area contributed by atoms with Crippen molar-refractivity contribution in [1.29, 1.82) is 0 Å². The van der Waals surface area contributed by atoms with E-state index in [1.54, 1.807) is 17.5 Å². The molecule has 0 amide bonds. The second-order valence-corrected chi connectivity index (χ2v) is 3.46. The molecule has 0 aliphatic rings. The average Bonchev–Trinajstić information content (AvgIpc) is 2.70. The third-order valence-electron chi connectivity index (χ3n) is 1.71. The van der Waals surface area contributed by atoms with E-state index >= 15 is 0 Å². The van der Waals surface area contributed by atoms with Crippen molar-refractivity contribution < 1.29 is 4.42 Å². The Balaban J connectivity index is 2.23. The summed E-state index contributed by atoms with van der Waals surface area (Å²) in [5.74, 6) is 1.54. The minimum atomic E-state index is 0.596. The predicted octanol–water partition coefficient (Wildman–Crippen LogP) is 1.90. The number of hydrogen-bond acceptors (Lipinski definition) is 4. The van der Waals surface area contributed by atoms with Crippen LogP contribution < -0.4 is 5.73 Å². The Morgan fingerprint density at radius 3 is 3.15 bits per heavy atom. The summed E-state index contributed by atoms with van der Waals surface area (Å²) in [5, 5.41) is 4.01. The number of nitrogens with zero attached hydrogens (tertiary/aromatic N) is 1. The van der Waals surface area contributed by atoms with Crippen molar-refractivity contribution in [3.8, 4) is 11.5 Å². The van der Waals surface area contributed by atoms with Crippen LogP contribution in [0.25, 0.3) is 11.5 Å². The molecule has 0 aliphatic heterocycles. The third kappa shape index (κ3) is 1.79. The van der Waals surface area contributed by atoms with Gasteiger partial charge in [0.1, 0.15) is 5.76 Å². The monoisotopic (exact) mass is 194 g/mol. The first kappa shape index (κ1) is 8.47. The van der Waals surface area contributed by atoms with Crippen LogP contribution in [0.15, 0.2) is 27.4 Å². The van der Waals surface area contributed by atoms with Crippen molar-refractivity contribution in [3.63, 3.8) is 0 Å². The van der Waals surface area contributed by atoms with E-state index in [0.29, 0.717) is 12.4 Å². The highest BCUT2D eigenvalue weighted by molar-refractivity contribution is 7.08. The lowest BCUT2D eigenvalue weighted by atomic mass is 10.3. The highest BCUT2D eigenvalue weighted by Crippen LogP contribution is 2.21. The summed E-state index contributed by atoms with van der Waals surface area (Å²) in [4.78, 5) is 4.16. The zero-order chi connectivity index (χ0) is 9.10. The molecule has 2 aromatic rings. The van der Waals surface area contributed by atoms with Crippen LogP contribution in [0.5, 0.6) is 0 Å². The maximum Gasteiger partial charge on any atom is 0.227 e. The van der Waals surface area contributed by atoms with Crippen molar-refractivity contribution in [2.75, 3.05) is 6.54 Å². The molecular formula is C9H10N2OS. The van der Waals surface area contributed by atoms with Gasteiger partial charge >= 0.3 is 0 Å².